The van der Waals surface area contributed by atoms with Crippen molar-refractivity contribution in [2.45, 2.75) is 13.0 Å². The van der Waals surface area contributed by atoms with Crippen molar-refractivity contribution in [3.8, 4) is 0 Å². The highest BCUT2D eigenvalue weighted by Crippen LogP contribution is 2.14. The summed E-state index contributed by atoms with van der Waals surface area (Å²) in [6.45, 7) is 1.30. The summed E-state index contributed by atoms with van der Waals surface area (Å²) in [5, 5.41) is 15.0. The fraction of sp³-hybridized carbons (Fsp3) is 0.154. The van der Waals surface area contributed by atoms with E-state index in [2.05, 4.69) is 5.10 Å². The number of nitrogens with one attached hydrogen (secondary N) is 1. The van der Waals surface area contributed by atoms with Crippen molar-refractivity contribution in [1.29, 1.82) is 0 Å². The molecule has 3 amide bonds. The fourth-order valence-corrected chi connectivity index (χ4v) is 1.96. The van der Waals surface area contributed by atoms with E-state index in [0.29, 0.717) is 4.68 Å². The number of carboxylic acid groups (broad SMARTS) is 1. The van der Waals surface area contributed by atoms with Gasteiger partial charge in [-0.25, -0.2) is 14.3 Å². The smallest absolute Gasteiger partial charge is 0.357 e. The highest BCUT2D eigenvalue weighted by Gasteiger charge is 2.23. The largest absolute Gasteiger partial charge is 0.476 e. The van der Waals surface area contributed by atoms with E-state index >= 15 is 0 Å². The van der Waals surface area contributed by atoms with Gasteiger partial charge in [-0.1, -0.05) is 18.2 Å². The first-order chi connectivity index (χ1) is 10.3. The number of aromatic nitrogens is 2. The first-order valence-electron chi connectivity index (χ1n) is 6.18. The molecule has 0 aliphatic rings. The zero-order chi connectivity index (χ0) is 16.4. The summed E-state index contributed by atoms with van der Waals surface area (Å²) in [5.74, 6) is -2.21. The molecule has 9 heteroatoms. The Morgan fingerprint density at radius 2 is 1.86 bits per heavy atom. The van der Waals surface area contributed by atoms with Crippen LogP contribution in [-0.4, -0.2) is 32.8 Å². The number of carbonyl (C=O) groups excluding carboxylic acids is 2. The summed E-state index contributed by atoms with van der Waals surface area (Å²) < 4.78 is 0.712. The Morgan fingerprint density at radius 3 is 2.41 bits per heavy atom. The Labute approximate surface area is 123 Å². The van der Waals surface area contributed by atoms with Crippen LogP contribution in [0, 0.1) is 0 Å². The highest BCUT2D eigenvalue weighted by molar-refractivity contribution is 6.01. The summed E-state index contributed by atoms with van der Waals surface area (Å²) >= 11 is 0. The van der Waals surface area contributed by atoms with Crippen molar-refractivity contribution < 1.29 is 19.5 Å². The number of primary amides is 1. The number of nitrogens with zero attached hydrogens (tertiary/aromatic N) is 2. The van der Waals surface area contributed by atoms with Crippen molar-refractivity contribution in [1.82, 2.24) is 15.1 Å². The molecule has 114 valence electrons. The van der Waals surface area contributed by atoms with Crippen LogP contribution >= 0.6 is 0 Å². The lowest BCUT2D eigenvalue weighted by molar-refractivity contribution is -0.123. The maximum absolute atomic E-state index is 12.3. The molecule has 0 spiro atoms. The predicted molar refractivity (Wildman–Crippen MR) is 75.4 cm³/mol. The van der Waals surface area contributed by atoms with Crippen LogP contribution in [0.25, 0.3) is 10.8 Å². The fourth-order valence-electron chi connectivity index (χ4n) is 1.96. The molecule has 4 N–H and O–H groups in total. The van der Waals surface area contributed by atoms with E-state index in [1.165, 1.54) is 19.1 Å². The van der Waals surface area contributed by atoms with E-state index < -0.39 is 29.5 Å². The molecule has 9 nitrogen and oxygen atoms in total. The molecule has 0 fully saturated rings. The van der Waals surface area contributed by atoms with Crippen molar-refractivity contribution in [2.24, 2.45) is 5.73 Å². The molecule has 1 aromatic heterocycles. The van der Waals surface area contributed by atoms with Gasteiger partial charge in [0, 0.05) is 5.39 Å². The number of fused-ring (bicyclic) bond motifs is 1. The highest BCUT2D eigenvalue weighted by atomic mass is 16.4. The van der Waals surface area contributed by atoms with Gasteiger partial charge >= 0.3 is 12.0 Å². The zero-order valence-electron chi connectivity index (χ0n) is 11.4. The number of hydrogen-bond donors (Lipinski definition) is 3. The summed E-state index contributed by atoms with van der Waals surface area (Å²) in [6, 6.07) is 3.73. The summed E-state index contributed by atoms with van der Waals surface area (Å²) in [4.78, 5) is 46.1. The number of urea groups is 1. The molecule has 1 aromatic carbocycles. The molecule has 2 rings (SSSR count). The molecule has 22 heavy (non-hydrogen) atoms. The summed E-state index contributed by atoms with van der Waals surface area (Å²) in [6.07, 6.45) is 0. The zero-order valence-corrected chi connectivity index (χ0v) is 11.4. The molecular weight excluding hydrogens is 292 g/mol. The second-order valence-electron chi connectivity index (χ2n) is 4.48. The van der Waals surface area contributed by atoms with E-state index in [1.807, 2.05) is 5.32 Å². The number of rotatable bonds is 3. The second kappa shape index (κ2) is 5.64. The number of benzene rings is 1. The van der Waals surface area contributed by atoms with Crippen LogP contribution in [0.2, 0.25) is 0 Å². The van der Waals surface area contributed by atoms with Crippen LogP contribution in [0.4, 0.5) is 4.79 Å². The SMILES string of the molecule is C[C@@H](C(=O)NC(N)=O)n1nc(C(=O)O)c2ccccc2c1=O. The monoisotopic (exact) mass is 304 g/mol. The van der Waals surface area contributed by atoms with Crippen molar-refractivity contribution in [3.63, 3.8) is 0 Å². The molecular formula is C13H12N4O5. The van der Waals surface area contributed by atoms with Crippen LogP contribution in [0.15, 0.2) is 29.1 Å². The van der Waals surface area contributed by atoms with Gasteiger partial charge in [-0.15, -0.1) is 0 Å². The molecule has 0 aliphatic carbocycles. The van der Waals surface area contributed by atoms with Gasteiger partial charge in [0.2, 0.25) is 0 Å². The van der Waals surface area contributed by atoms with Crippen LogP contribution in [0.3, 0.4) is 0 Å². The normalized spacial score (nSPS) is 11.9. The van der Waals surface area contributed by atoms with E-state index in [1.54, 1.807) is 12.1 Å². The Balaban J connectivity index is 2.67. The van der Waals surface area contributed by atoms with E-state index in [0.717, 1.165) is 0 Å². The Hall–Kier alpha value is -3.23. The number of imide groups is 1. The summed E-state index contributed by atoms with van der Waals surface area (Å²) in [5.41, 5.74) is 3.83. The maximum atomic E-state index is 12.3. The minimum absolute atomic E-state index is 0.105. The molecule has 0 bridgehead atoms. The lowest BCUT2D eigenvalue weighted by Gasteiger charge is -2.14. The topological polar surface area (TPSA) is 144 Å². The third-order valence-corrected chi connectivity index (χ3v) is 3.02. The molecule has 1 heterocycles. The summed E-state index contributed by atoms with van der Waals surface area (Å²) in [7, 11) is 0. The van der Waals surface area contributed by atoms with Gasteiger partial charge in [0.25, 0.3) is 11.5 Å². The Morgan fingerprint density at radius 1 is 1.27 bits per heavy atom. The average Bonchev–Trinajstić information content (AvgIpc) is 2.46. The van der Waals surface area contributed by atoms with Crippen molar-refractivity contribution in [3.05, 3.63) is 40.3 Å². The van der Waals surface area contributed by atoms with Crippen LogP contribution in [0.1, 0.15) is 23.5 Å². The number of aromatic carboxylic acids is 1. The molecule has 0 radical (unpaired) electrons. The van der Waals surface area contributed by atoms with Gasteiger partial charge in [0.15, 0.2) is 5.69 Å². The first kappa shape index (κ1) is 15.2. The van der Waals surface area contributed by atoms with Gasteiger partial charge < -0.3 is 10.8 Å². The van der Waals surface area contributed by atoms with Crippen LogP contribution < -0.4 is 16.6 Å². The third kappa shape index (κ3) is 2.64. The lowest BCUT2D eigenvalue weighted by Crippen LogP contribution is -2.42. The Bertz CT molecular complexity index is 842. The lowest BCUT2D eigenvalue weighted by atomic mass is 10.1. The van der Waals surface area contributed by atoms with Gasteiger partial charge in [0.1, 0.15) is 6.04 Å². The molecule has 0 aliphatic heterocycles. The quantitative estimate of drug-likeness (QED) is 0.719. The third-order valence-electron chi connectivity index (χ3n) is 3.02. The molecule has 0 saturated carbocycles. The predicted octanol–water partition coefficient (Wildman–Crippen LogP) is -0.149. The standard InChI is InChI=1S/C13H12N4O5/c1-6(10(18)15-13(14)22)17-11(19)8-5-3-2-4-7(8)9(16-17)12(20)21/h2-6H,1H3,(H,20,21)(H3,14,15,18,22)/t6-/m0/s1. The van der Waals surface area contributed by atoms with Crippen LogP contribution in [0.5, 0.6) is 0 Å². The Kier molecular flexibility index (Phi) is 3.89. The van der Waals surface area contributed by atoms with E-state index in [4.69, 9.17) is 5.73 Å². The van der Waals surface area contributed by atoms with Crippen molar-refractivity contribution >= 4 is 28.7 Å². The van der Waals surface area contributed by atoms with Gasteiger partial charge in [-0.05, 0) is 13.0 Å². The number of carbonyl (C=O) groups is 3. The number of nitrogens with two attached hydrogens (primary N) is 1. The molecule has 0 saturated heterocycles. The molecule has 0 unspecified atom stereocenters. The second-order valence-corrected chi connectivity index (χ2v) is 4.48. The minimum atomic E-state index is -1.34. The van der Waals surface area contributed by atoms with Gasteiger partial charge in [-0.3, -0.25) is 14.9 Å². The minimum Gasteiger partial charge on any atom is -0.476 e. The van der Waals surface area contributed by atoms with Gasteiger partial charge in [-0.2, -0.15) is 5.10 Å². The average molecular weight is 304 g/mol. The number of amides is 3. The van der Waals surface area contributed by atoms with Gasteiger partial charge in [0.05, 0.1) is 5.39 Å². The van der Waals surface area contributed by atoms with Crippen LogP contribution in [-0.2, 0) is 4.79 Å². The van der Waals surface area contributed by atoms with Crippen molar-refractivity contribution in [2.75, 3.05) is 0 Å². The van der Waals surface area contributed by atoms with E-state index in [-0.39, 0.29) is 16.5 Å². The molecule has 2 aromatic rings. The maximum Gasteiger partial charge on any atom is 0.357 e. The number of carboxylic acids is 1. The number of hydrogen-bond acceptors (Lipinski definition) is 5. The molecule has 1 atom stereocenters. The first-order valence-corrected chi connectivity index (χ1v) is 6.18. The van der Waals surface area contributed by atoms with E-state index in [9.17, 15) is 24.3 Å².